The molecule has 1 atom stereocenters. The van der Waals surface area contributed by atoms with Crippen LogP contribution in [0, 0.1) is 6.92 Å². The Kier molecular flexibility index (Phi) is 5.53. The van der Waals surface area contributed by atoms with Crippen molar-refractivity contribution in [3.05, 3.63) is 80.9 Å². The van der Waals surface area contributed by atoms with E-state index in [1.807, 2.05) is 87.1 Å². The van der Waals surface area contributed by atoms with E-state index < -0.39 is 5.54 Å². The van der Waals surface area contributed by atoms with Crippen molar-refractivity contribution in [1.29, 1.82) is 0 Å². The van der Waals surface area contributed by atoms with Gasteiger partial charge in [0.15, 0.2) is 5.82 Å². The van der Waals surface area contributed by atoms with Crippen molar-refractivity contribution in [2.45, 2.75) is 32.7 Å². The highest BCUT2D eigenvalue weighted by molar-refractivity contribution is 9.10. The minimum absolute atomic E-state index is 0.117. The van der Waals surface area contributed by atoms with E-state index in [1.165, 1.54) is 0 Å². The van der Waals surface area contributed by atoms with Crippen LogP contribution in [-0.2, 0) is 12.6 Å². The molecule has 0 saturated heterocycles. The molecule has 0 radical (unpaired) electrons. The zero-order valence-electron chi connectivity index (χ0n) is 17.9. The highest BCUT2D eigenvalue weighted by Crippen LogP contribution is 2.29. The van der Waals surface area contributed by atoms with Gasteiger partial charge < -0.3 is 5.32 Å². The van der Waals surface area contributed by atoms with E-state index >= 15 is 0 Å². The minimum Gasteiger partial charge on any atom is -0.367 e. The summed E-state index contributed by atoms with van der Waals surface area (Å²) in [4.78, 5) is 13.4. The van der Waals surface area contributed by atoms with Crippen LogP contribution in [0.4, 0.5) is 5.69 Å². The number of hydrogen-bond acceptors (Lipinski definition) is 5. The Hall–Kier alpha value is -3.20. The number of tetrazole rings is 1. The third-order valence-corrected chi connectivity index (χ3v) is 6.23. The van der Waals surface area contributed by atoms with Crippen molar-refractivity contribution in [3.8, 4) is 11.4 Å². The molecule has 8 nitrogen and oxygen atoms in total. The Balaban J connectivity index is 1.78. The second-order valence-corrected chi connectivity index (χ2v) is 8.55. The number of aromatic nitrogens is 6. The largest absolute Gasteiger partial charge is 0.367 e. The number of anilines is 1. The van der Waals surface area contributed by atoms with Crippen LogP contribution in [0.3, 0.4) is 0 Å². The van der Waals surface area contributed by atoms with Crippen LogP contribution in [0.15, 0.2) is 63.9 Å². The normalized spacial score (nSPS) is 13.2. The van der Waals surface area contributed by atoms with Gasteiger partial charge in [0.05, 0.1) is 22.6 Å². The van der Waals surface area contributed by atoms with E-state index in [4.69, 9.17) is 0 Å². The van der Waals surface area contributed by atoms with E-state index in [0.717, 1.165) is 21.5 Å². The monoisotopic (exact) mass is 481 g/mol. The Morgan fingerprint density at radius 1 is 1.06 bits per heavy atom. The number of hydrogen-bond donors (Lipinski definition) is 1. The molecule has 0 amide bonds. The molecule has 0 bridgehead atoms. The van der Waals surface area contributed by atoms with Gasteiger partial charge in [-0.25, -0.2) is 4.68 Å². The third-order valence-electron chi connectivity index (χ3n) is 5.70. The molecule has 2 heterocycles. The van der Waals surface area contributed by atoms with Gasteiger partial charge in [0.25, 0.3) is 5.56 Å². The third kappa shape index (κ3) is 3.69. The maximum atomic E-state index is 13.4. The Bertz CT molecular complexity index is 1260. The lowest BCUT2D eigenvalue weighted by molar-refractivity contribution is 0.474. The van der Waals surface area contributed by atoms with Crippen LogP contribution in [0.25, 0.3) is 11.4 Å². The van der Waals surface area contributed by atoms with Gasteiger partial charge in [0, 0.05) is 11.5 Å². The van der Waals surface area contributed by atoms with Crippen molar-refractivity contribution < 1.29 is 0 Å². The first-order valence-corrected chi connectivity index (χ1v) is 10.8. The number of halogens is 1. The summed E-state index contributed by atoms with van der Waals surface area (Å²) in [6.45, 7) is 5.98. The summed E-state index contributed by atoms with van der Waals surface area (Å²) < 4.78 is 6.19. The lowest BCUT2D eigenvalue weighted by Gasteiger charge is -2.28. The summed E-state index contributed by atoms with van der Waals surface area (Å²) in [6.07, 6.45) is 0.670. The van der Waals surface area contributed by atoms with Crippen molar-refractivity contribution in [2.75, 3.05) is 5.32 Å². The first-order chi connectivity index (χ1) is 14.9. The van der Waals surface area contributed by atoms with Gasteiger partial charge >= 0.3 is 0 Å². The van der Waals surface area contributed by atoms with Crippen molar-refractivity contribution in [3.63, 3.8) is 0 Å². The maximum absolute atomic E-state index is 13.4. The second kappa shape index (κ2) is 8.14. The summed E-state index contributed by atoms with van der Waals surface area (Å²) in [5.74, 6) is 0.631. The lowest BCUT2D eigenvalue weighted by atomic mass is 9.97. The predicted molar refractivity (Wildman–Crippen MR) is 124 cm³/mol. The van der Waals surface area contributed by atoms with Gasteiger partial charge in [-0.3, -0.25) is 9.48 Å². The van der Waals surface area contributed by atoms with Crippen LogP contribution < -0.4 is 10.9 Å². The van der Waals surface area contributed by atoms with E-state index in [9.17, 15) is 4.79 Å². The number of rotatable bonds is 6. The fraction of sp³-hybridized carbons (Fsp3) is 0.273. The van der Waals surface area contributed by atoms with Gasteiger partial charge in [0.2, 0.25) is 0 Å². The molecule has 2 aromatic carbocycles. The van der Waals surface area contributed by atoms with E-state index in [2.05, 4.69) is 36.8 Å². The maximum Gasteiger partial charge on any atom is 0.295 e. The number of nitrogens with zero attached hydrogens (tertiary/aromatic N) is 6. The van der Waals surface area contributed by atoms with Crippen molar-refractivity contribution in [1.82, 2.24) is 29.6 Å². The Morgan fingerprint density at radius 2 is 1.74 bits per heavy atom. The molecule has 0 saturated carbocycles. The van der Waals surface area contributed by atoms with Crippen LogP contribution in [-0.4, -0.2) is 29.6 Å². The van der Waals surface area contributed by atoms with Gasteiger partial charge in [-0.2, -0.15) is 4.68 Å². The lowest BCUT2D eigenvalue weighted by Crippen LogP contribution is -2.36. The average Bonchev–Trinajstić information content (AvgIpc) is 3.35. The van der Waals surface area contributed by atoms with Crippen molar-refractivity contribution >= 4 is 21.6 Å². The fourth-order valence-corrected chi connectivity index (χ4v) is 3.84. The minimum atomic E-state index is -0.670. The van der Waals surface area contributed by atoms with Gasteiger partial charge in [-0.05, 0) is 67.1 Å². The molecular formula is C22H24BrN7O. The fourth-order valence-electron chi connectivity index (χ4n) is 3.58. The molecule has 4 aromatic rings. The molecule has 0 unspecified atom stereocenters. The number of nitrogens with one attached hydrogen (secondary N) is 1. The zero-order valence-corrected chi connectivity index (χ0v) is 19.5. The van der Waals surface area contributed by atoms with E-state index in [1.54, 1.807) is 9.36 Å². The van der Waals surface area contributed by atoms with Gasteiger partial charge in [-0.1, -0.05) is 41.1 Å². The molecule has 0 aliphatic rings. The Labute approximate surface area is 188 Å². The van der Waals surface area contributed by atoms with E-state index in [0.29, 0.717) is 17.9 Å². The summed E-state index contributed by atoms with van der Waals surface area (Å²) in [5, 5.41) is 15.9. The Morgan fingerprint density at radius 3 is 2.39 bits per heavy atom. The zero-order chi connectivity index (χ0) is 22.2. The molecule has 0 spiro atoms. The number of para-hydroxylation sites is 1. The van der Waals surface area contributed by atoms with Crippen LogP contribution in [0.1, 0.15) is 31.8 Å². The topological polar surface area (TPSA) is 82.6 Å². The summed E-state index contributed by atoms with van der Waals surface area (Å²) in [6, 6.07) is 17.4. The summed E-state index contributed by atoms with van der Waals surface area (Å²) in [5.41, 5.74) is 2.22. The van der Waals surface area contributed by atoms with Crippen LogP contribution in [0.2, 0.25) is 0 Å². The average molecular weight is 482 g/mol. The smallest absolute Gasteiger partial charge is 0.295 e. The SMILES string of the molecule is CC[C@](C)(Nc1c(C)n(C)n(-c2ccccc2)c1=O)c1nnnn1-c1ccc(Br)cc1. The molecule has 1 N–H and O–H groups in total. The highest BCUT2D eigenvalue weighted by Gasteiger charge is 2.34. The summed E-state index contributed by atoms with van der Waals surface area (Å²) in [7, 11) is 1.88. The van der Waals surface area contributed by atoms with E-state index in [-0.39, 0.29) is 5.56 Å². The molecule has 31 heavy (non-hydrogen) atoms. The van der Waals surface area contributed by atoms with Crippen LogP contribution in [0.5, 0.6) is 0 Å². The number of benzene rings is 2. The molecule has 0 fully saturated rings. The predicted octanol–water partition coefficient (Wildman–Crippen LogP) is 3.96. The van der Waals surface area contributed by atoms with Crippen LogP contribution >= 0.6 is 15.9 Å². The highest BCUT2D eigenvalue weighted by atomic mass is 79.9. The first kappa shape index (κ1) is 21.0. The molecule has 9 heteroatoms. The molecule has 0 aliphatic heterocycles. The first-order valence-electron chi connectivity index (χ1n) is 10.0. The second-order valence-electron chi connectivity index (χ2n) is 7.64. The standard InChI is InChI=1S/C22H24BrN7O/c1-5-22(3,21-25-26-27-29(21)17-13-11-16(23)12-14-17)24-19-15(2)28(4)30(20(19)31)18-9-7-6-8-10-18/h6-14,24H,5H2,1-4H3/t22-/m0/s1. The van der Waals surface area contributed by atoms with Gasteiger partial charge in [0.1, 0.15) is 5.69 Å². The van der Waals surface area contributed by atoms with Gasteiger partial charge in [-0.15, -0.1) is 5.10 Å². The van der Waals surface area contributed by atoms with Crippen molar-refractivity contribution in [2.24, 2.45) is 7.05 Å². The molecule has 2 aromatic heterocycles. The molecule has 160 valence electrons. The molecule has 0 aliphatic carbocycles. The molecular weight excluding hydrogens is 458 g/mol. The summed E-state index contributed by atoms with van der Waals surface area (Å²) >= 11 is 3.46. The molecule has 4 rings (SSSR count). The quantitative estimate of drug-likeness (QED) is 0.450.